The lowest BCUT2D eigenvalue weighted by molar-refractivity contribution is -0.0956. The van der Waals surface area contributed by atoms with E-state index < -0.39 is 5.60 Å². The Morgan fingerprint density at radius 3 is 2.80 bits per heavy atom. The van der Waals surface area contributed by atoms with Gasteiger partial charge in [0.05, 0.1) is 12.7 Å². The van der Waals surface area contributed by atoms with Crippen molar-refractivity contribution in [1.82, 2.24) is 5.32 Å². The molecule has 1 heterocycles. The van der Waals surface area contributed by atoms with E-state index in [9.17, 15) is 5.11 Å². The summed E-state index contributed by atoms with van der Waals surface area (Å²) in [5, 5.41) is 14.7. The second-order valence-corrected chi connectivity index (χ2v) is 6.28. The number of nitrogens with one attached hydrogen (secondary N) is 1. The van der Waals surface area contributed by atoms with Gasteiger partial charge in [0.25, 0.3) is 0 Å². The Bertz CT molecular complexity index is 443. The number of fused-ring (bicyclic) bond motifs is 1. The van der Waals surface area contributed by atoms with Gasteiger partial charge in [-0.1, -0.05) is 25.0 Å². The summed E-state index contributed by atoms with van der Waals surface area (Å²) in [6, 6.07) is 8.41. The molecule has 2 fully saturated rings. The average Bonchev–Trinajstić information content (AvgIpc) is 2.49. The molecular formula is C17H25NO2. The second-order valence-electron chi connectivity index (χ2n) is 6.28. The van der Waals surface area contributed by atoms with Gasteiger partial charge in [0.2, 0.25) is 0 Å². The minimum Gasteiger partial charge on any atom is -0.497 e. The van der Waals surface area contributed by atoms with E-state index in [1.165, 1.54) is 18.4 Å². The summed E-state index contributed by atoms with van der Waals surface area (Å²) in [5.41, 5.74) is 0.763. The number of methoxy groups -OCH3 is 1. The lowest BCUT2D eigenvalue weighted by Gasteiger charge is -2.49. The number of rotatable bonds is 3. The van der Waals surface area contributed by atoms with Gasteiger partial charge in [0.1, 0.15) is 5.75 Å². The average molecular weight is 275 g/mol. The number of piperidine rings is 1. The van der Waals surface area contributed by atoms with Gasteiger partial charge in [-0.25, -0.2) is 0 Å². The summed E-state index contributed by atoms with van der Waals surface area (Å²) >= 11 is 0. The van der Waals surface area contributed by atoms with Crippen LogP contribution in [0.15, 0.2) is 24.3 Å². The van der Waals surface area contributed by atoms with Gasteiger partial charge in [-0.15, -0.1) is 0 Å². The first kappa shape index (κ1) is 13.9. The van der Waals surface area contributed by atoms with Crippen molar-refractivity contribution >= 4 is 0 Å². The minimum absolute atomic E-state index is 0.190. The highest BCUT2D eigenvalue weighted by atomic mass is 16.5. The fraction of sp³-hybridized carbons (Fsp3) is 0.647. The van der Waals surface area contributed by atoms with Crippen molar-refractivity contribution in [2.45, 2.75) is 50.2 Å². The quantitative estimate of drug-likeness (QED) is 0.890. The molecule has 3 unspecified atom stereocenters. The van der Waals surface area contributed by atoms with Crippen LogP contribution in [0.2, 0.25) is 0 Å². The maximum atomic E-state index is 11.1. The van der Waals surface area contributed by atoms with E-state index in [0.717, 1.165) is 38.0 Å². The van der Waals surface area contributed by atoms with Gasteiger partial charge < -0.3 is 15.2 Å². The first-order valence-electron chi connectivity index (χ1n) is 7.81. The SMILES string of the molecule is COc1ccc(CC2NCCC3CCCCC32O)cc1. The molecule has 1 saturated heterocycles. The highest BCUT2D eigenvalue weighted by Gasteiger charge is 2.46. The van der Waals surface area contributed by atoms with Crippen LogP contribution in [-0.4, -0.2) is 30.4 Å². The third-order valence-corrected chi connectivity index (χ3v) is 5.17. The molecule has 1 aliphatic carbocycles. The lowest BCUT2D eigenvalue weighted by atomic mass is 9.67. The predicted octanol–water partition coefficient (Wildman–Crippen LogP) is 2.52. The van der Waals surface area contributed by atoms with Crippen molar-refractivity contribution in [2.24, 2.45) is 5.92 Å². The second kappa shape index (κ2) is 5.74. The normalized spacial score (nSPS) is 33.5. The molecule has 3 rings (SSSR count). The van der Waals surface area contributed by atoms with Gasteiger partial charge in [-0.2, -0.15) is 0 Å². The van der Waals surface area contributed by atoms with Crippen LogP contribution in [0, 0.1) is 5.92 Å². The van der Waals surface area contributed by atoms with Crippen LogP contribution >= 0.6 is 0 Å². The molecule has 1 aromatic carbocycles. The summed E-state index contributed by atoms with van der Waals surface area (Å²) in [5.74, 6) is 1.38. The van der Waals surface area contributed by atoms with Crippen LogP contribution in [0.25, 0.3) is 0 Å². The molecule has 1 aromatic rings. The van der Waals surface area contributed by atoms with Crippen LogP contribution in [-0.2, 0) is 6.42 Å². The highest BCUT2D eigenvalue weighted by Crippen LogP contribution is 2.41. The molecule has 1 saturated carbocycles. The maximum absolute atomic E-state index is 11.1. The third kappa shape index (κ3) is 2.57. The van der Waals surface area contributed by atoms with Crippen molar-refractivity contribution in [3.05, 3.63) is 29.8 Å². The van der Waals surface area contributed by atoms with Gasteiger partial charge in [-0.3, -0.25) is 0 Å². The lowest BCUT2D eigenvalue weighted by Crippen LogP contribution is -2.61. The minimum atomic E-state index is -0.504. The standard InChI is InChI=1S/C17H25NO2/c1-20-15-7-5-13(6-8-15)12-16-17(19)10-3-2-4-14(17)9-11-18-16/h5-8,14,16,18-19H,2-4,9-12H2,1H3. The van der Waals surface area contributed by atoms with Gasteiger partial charge in [0, 0.05) is 6.04 Å². The molecular weight excluding hydrogens is 250 g/mol. The molecule has 1 aliphatic heterocycles. The van der Waals surface area contributed by atoms with Crippen molar-refractivity contribution in [2.75, 3.05) is 13.7 Å². The first-order chi connectivity index (χ1) is 9.72. The molecule has 0 amide bonds. The van der Waals surface area contributed by atoms with Crippen LogP contribution in [0.4, 0.5) is 0 Å². The zero-order valence-electron chi connectivity index (χ0n) is 12.3. The molecule has 3 atom stereocenters. The molecule has 0 bridgehead atoms. The molecule has 3 heteroatoms. The Balaban J connectivity index is 1.74. The molecule has 0 spiro atoms. The van der Waals surface area contributed by atoms with Crippen LogP contribution in [0.3, 0.4) is 0 Å². The summed E-state index contributed by atoms with van der Waals surface area (Å²) in [4.78, 5) is 0. The van der Waals surface area contributed by atoms with Crippen molar-refractivity contribution in [1.29, 1.82) is 0 Å². The molecule has 110 valence electrons. The fourth-order valence-electron chi connectivity index (χ4n) is 3.96. The van der Waals surface area contributed by atoms with E-state index in [-0.39, 0.29) is 6.04 Å². The Morgan fingerprint density at radius 2 is 2.05 bits per heavy atom. The Kier molecular flexibility index (Phi) is 3.99. The van der Waals surface area contributed by atoms with E-state index in [0.29, 0.717) is 5.92 Å². The molecule has 0 aromatic heterocycles. The topological polar surface area (TPSA) is 41.5 Å². The number of hydrogen-bond acceptors (Lipinski definition) is 3. The first-order valence-corrected chi connectivity index (χ1v) is 7.81. The van der Waals surface area contributed by atoms with Crippen LogP contribution in [0.5, 0.6) is 5.75 Å². The highest BCUT2D eigenvalue weighted by molar-refractivity contribution is 5.28. The summed E-state index contributed by atoms with van der Waals surface area (Å²) in [6.45, 7) is 1.04. The number of benzene rings is 1. The monoisotopic (exact) mass is 275 g/mol. The van der Waals surface area contributed by atoms with E-state index in [1.54, 1.807) is 7.11 Å². The smallest absolute Gasteiger partial charge is 0.118 e. The zero-order valence-corrected chi connectivity index (χ0v) is 12.3. The van der Waals surface area contributed by atoms with Crippen molar-refractivity contribution in [3.63, 3.8) is 0 Å². The molecule has 2 aliphatic rings. The fourth-order valence-corrected chi connectivity index (χ4v) is 3.96. The maximum Gasteiger partial charge on any atom is 0.118 e. The molecule has 2 N–H and O–H groups in total. The van der Waals surface area contributed by atoms with E-state index in [4.69, 9.17) is 4.74 Å². The van der Waals surface area contributed by atoms with Crippen molar-refractivity contribution in [3.8, 4) is 5.75 Å². The van der Waals surface area contributed by atoms with E-state index in [2.05, 4.69) is 17.4 Å². The predicted molar refractivity (Wildman–Crippen MR) is 80.0 cm³/mol. The van der Waals surface area contributed by atoms with Gasteiger partial charge in [0.15, 0.2) is 0 Å². The molecule has 0 radical (unpaired) electrons. The van der Waals surface area contributed by atoms with E-state index in [1.807, 2.05) is 12.1 Å². The van der Waals surface area contributed by atoms with Crippen molar-refractivity contribution < 1.29 is 9.84 Å². The number of hydrogen-bond donors (Lipinski definition) is 2. The summed E-state index contributed by atoms with van der Waals surface area (Å²) < 4.78 is 5.20. The van der Waals surface area contributed by atoms with Gasteiger partial charge in [-0.05, 0) is 55.8 Å². The van der Waals surface area contributed by atoms with Gasteiger partial charge >= 0.3 is 0 Å². The Hall–Kier alpha value is -1.06. The van der Waals surface area contributed by atoms with Crippen LogP contribution < -0.4 is 10.1 Å². The number of aliphatic hydroxyl groups is 1. The number of ether oxygens (including phenoxy) is 1. The Labute approximate surface area is 121 Å². The van der Waals surface area contributed by atoms with Crippen LogP contribution in [0.1, 0.15) is 37.7 Å². The third-order valence-electron chi connectivity index (χ3n) is 5.17. The Morgan fingerprint density at radius 1 is 1.25 bits per heavy atom. The summed E-state index contributed by atoms with van der Waals surface area (Å²) in [6.07, 6.45) is 6.60. The van der Waals surface area contributed by atoms with E-state index >= 15 is 0 Å². The molecule has 3 nitrogen and oxygen atoms in total. The zero-order chi connectivity index (χ0) is 14.0. The molecule has 20 heavy (non-hydrogen) atoms. The summed E-state index contributed by atoms with van der Waals surface area (Å²) in [7, 11) is 1.69. The largest absolute Gasteiger partial charge is 0.497 e.